The van der Waals surface area contributed by atoms with Crippen LogP contribution in [0.25, 0.3) is 11.0 Å². The van der Waals surface area contributed by atoms with Crippen LogP contribution in [0.5, 0.6) is 0 Å². The van der Waals surface area contributed by atoms with Gasteiger partial charge in [-0.05, 0) is 53.7 Å². The third-order valence-corrected chi connectivity index (χ3v) is 2.82. The number of aromatic nitrogens is 1. The molecular formula is C18H25N3O6. The molecule has 9 nitrogen and oxygen atoms in total. The Balaban J connectivity index is 2.32. The second-order valence-electron chi connectivity index (χ2n) is 7.68. The number of carbonyl (C=O) groups is 1. The van der Waals surface area contributed by atoms with Crippen LogP contribution in [0.15, 0.2) is 27.7 Å². The number of rotatable bonds is 3. The maximum atomic E-state index is 12.0. The Hall–Kier alpha value is -2.81. The lowest BCUT2D eigenvalue weighted by Gasteiger charge is -2.22. The van der Waals surface area contributed by atoms with Gasteiger partial charge in [0.2, 0.25) is 5.82 Å². The zero-order valence-electron chi connectivity index (χ0n) is 16.6. The van der Waals surface area contributed by atoms with E-state index in [4.69, 9.17) is 23.6 Å². The van der Waals surface area contributed by atoms with Crippen molar-refractivity contribution >= 4 is 34.7 Å². The average molecular weight is 379 g/mol. The highest BCUT2D eigenvalue weighted by Crippen LogP contribution is 2.28. The van der Waals surface area contributed by atoms with Gasteiger partial charge in [-0.3, -0.25) is 10.3 Å². The van der Waals surface area contributed by atoms with E-state index in [0.717, 1.165) is 0 Å². The summed E-state index contributed by atoms with van der Waals surface area (Å²) >= 11 is 0. The highest BCUT2D eigenvalue weighted by atomic mass is 16.8. The van der Waals surface area contributed by atoms with E-state index in [0.29, 0.717) is 16.7 Å². The van der Waals surface area contributed by atoms with Crippen molar-refractivity contribution in [2.75, 3.05) is 12.6 Å². The minimum atomic E-state index is -0.926. The molecule has 1 aromatic carbocycles. The Morgan fingerprint density at radius 3 is 2.37 bits per heavy atom. The molecule has 0 unspecified atom stereocenters. The molecule has 1 heterocycles. The minimum absolute atomic E-state index is 0.205. The van der Waals surface area contributed by atoms with Gasteiger partial charge in [-0.2, -0.15) is 4.99 Å². The van der Waals surface area contributed by atoms with Gasteiger partial charge in [0.05, 0.1) is 18.2 Å². The van der Waals surface area contributed by atoms with Gasteiger partial charge in [-0.15, -0.1) is 0 Å². The molecule has 27 heavy (non-hydrogen) atoms. The van der Waals surface area contributed by atoms with E-state index in [-0.39, 0.29) is 11.9 Å². The van der Waals surface area contributed by atoms with Crippen LogP contribution >= 0.6 is 0 Å². The lowest BCUT2D eigenvalue weighted by Crippen LogP contribution is -2.30. The van der Waals surface area contributed by atoms with E-state index in [1.54, 1.807) is 59.7 Å². The predicted molar refractivity (Wildman–Crippen MR) is 99.9 cm³/mol. The molecule has 0 fully saturated rings. The third kappa shape index (κ3) is 6.45. The quantitative estimate of drug-likeness (QED) is 0.358. The van der Waals surface area contributed by atoms with Crippen LogP contribution in [0.4, 0.5) is 16.3 Å². The standard InChI is InChI=1S/C18H25N3O6/c1-17(2,3)25-15(24-16(22)26-18(4,5)6)19-14-12-9-8-11(20-23-7)10-13(12)27-21-14/h8-10,20H,1-7H3. The number of anilines is 1. The molecule has 0 atom stereocenters. The Bertz CT molecular complexity index is 830. The first kappa shape index (κ1) is 20.5. The molecule has 0 saturated carbocycles. The molecular weight excluding hydrogens is 354 g/mol. The first-order valence-electron chi connectivity index (χ1n) is 8.34. The lowest BCUT2D eigenvalue weighted by molar-refractivity contribution is -0.000882. The van der Waals surface area contributed by atoms with Crippen molar-refractivity contribution in [2.24, 2.45) is 4.99 Å². The average Bonchev–Trinajstić information content (AvgIpc) is 2.86. The van der Waals surface area contributed by atoms with Crippen molar-refractivity contribution < 1.29 is 28.4 Å². The molecule has 0 bridgehead atoms. The van der Waals surface area contributed by atoms with Crippen molar-refractivity contribution in [2.45, 2.75) is 52.7 Å². The summed E-state index contributed by atoms with van der Waals surface area (Å²) in [5.41, 5.74) is 2.49. The first-order chi connectivity index (χ1) is 12.5. The number of ether oxygens (including phenoxy) is 3. The Morgan fingerprint density at radius 2 is 1.78 bits per heavy atom. The van der Waals surface area contributed by atoms with E-state index in [2.05, 4.69) is 15.6 Å². The summed E-state index contributed by atoms with van der Waals surface area (Å²) in [4.78, 5) is 21.0. The SMILES string of the molecule is CONc1ccc2c(N=C(OC(=O)OC(C)(C)C)OC(C)(C)C)noc2c1. The fraction of sp³-hybridized carbons (Fsp3) is 0.500. The fourth-order valence-corrected chi connectivity index (χ4v) is 1.94. The zero-order valence-corrected chi connectivity index (χ0v) is 16.6. The number of nitrogens with zero attached hydrogens (tertiary/aromatic N) is 2. The van der Waals surface area contributed by atoms with Crippen LogP contribution in [0.1, 0.15) is 41.5 Å². The summed E-state index contributed by atoms with van der Waals surface area (Å²) in [5, 5.41) is 4.52. The summed E-state index contributed by atoms with van der Waals surface area (Å²) in [6.07, 6.45) is -1.21. The topological polar surface area (TPSA) is 104 Å². The van der Waals surface area contributed by atoms with E-state index in [1.807, 2.05) is 0 Å². The number of nitrogens with one attached hydrogen (secondary N) is 1. The number of hydrogen-bond donors (Lipinski definition) is 1. The number of carbonyl (C=O) groups excluding carboxylic acids is 1. The Labute approximate surface area is 157 Å². The van der Waals surface area contributed by atoms with Crippen molar-refractivity contribution in [3.63, 3.8) is 0 Å². The monoisotopic (exact) mass is 379 g/mol. The van der Waals surface area contributed by atoms with Gasteiger partial charge in [-0.1, -0.05) is 5.16 Å². The van der Waals surface area contributed by atoms with Crippen LogP contribution < -0.4 is 5.48 Å². The van der Waals surface area contributed by atoms with Crippen molar-refractivity contribution in [3.05, 3.63) is 18.2 Å². The summed E-state index contributed by atoms with van der Waals surface area (Å²) in [6.45, 7) is 10.6. The molecule has 0 amide bonds. The minimum Gasteiger partial charge on any atom is -0.444 e. The normalized spacial score (nSPS) is 12.8. The molecule has 9 heteroatoms. The molecule has 1 aromatic heterocycles. The van der Waals surface area contributed by atoms with Gasteiger partial charge >= 0.3 is 12.2 Å². The number of benzene rings is 1. The molecule has 0 aliphatic rings. The van der Waals surface area contributed by atoms with Crippen LogP contribution in [0.3, 0.4) is 0 Å². The highest BCUT2D eigenvalue weighted by molar-refractivity contribution is 5.92. The van der Waals surface area contributed by atoms with Crippen molar-refractivity contribution in [1.82, 2.24) is 5.16 Å². The maximum absolute atomic E-state index is 12.0. The largest absolute Gasteiger partial charge is 0.517 e. The summed E-state index contributed by atoms with van der Waals surface area (Å²) in [7, 11) is 1.50. The number of aliphatic imine (C=N–C) groups is 1. The van der Waals surface area contributed by atoms with Crippen LogP contribution in [-0.2, 0) is 19.0 Å². The molecule has 0 spiro atoms. The summed E-state index contributed by atoms with van der Waals surface area (Å²) in [6, 6.07) is 5.21. The van der Waals surface area contributed by atoms with Crippen molar-refractivity contribution in [1.29, 1.82) is 0 Å². The van der Waals surface area contributed by atoms with Crippen LogP contribution in [0.2, 0.25) is 0 Å². The van der Waals surface area contributed by atoms with Crippen LogP contribution in [0, 0.1) is 0 Å². The van der Waals surface area contributed by atoms with Gasteiger partial charge in [0.1, 0.15) is 11.2 Å². The van der Waals surface area contributed by atoms with Gasteiger partial charge in [0, 0.05) is 6.07 Å². The predicted octanol–water partition coefficient (Wildman–Crippen LogP) is 4.56. The Morgan fingerprint density at radius 1 is 1.11 bits per heavy atom. The molecule has 2 aromatic rings. The molecule has 0 saturated heterocycles. The molecule has 2 rings (SSSR count). The van der Waals surface area contributed by atoms with Gasteiger partial charge in [-0.25, -0.2) is 4.79 Å². The summed E-state index contributed by atoms with van der Waals surface area (Å²) in [5.74, 6) is 0.205. The second-order valence-corrected chi connectivity index (χ2v) is 7.68. The highest BCUT2D eigenvalue weighted by Gasteiger charge is 2.24. The first-order valence-corrected chi connectivity index (χ1v) is 8.34. The molecule has 0 aliphatic heterocycles. The maximum Gasteiger partial charge on any atom is 0.517 e. The molecule has 148 valence electrons. The number of fused-ring (bicyclic) bond motifs is 1. The van der Waals surface area contributed by atoms with E-state index in [1.165, 1.54) is 7.11 Å². The molecule has 1 N–H and O–H groups in total. The molecule has 0 radical (unpaired) electrons. The van der Waals surface area contributed by atoms with E-state index in [9.17, 15) is 4.79 Å². The zero-order chi connectivity index (χ0) is 20.2. The fourth-order valence-electron chi connectivity index (χ4n) is 1.94. The van der Waals surface area contributed by atoms with E-state index < -0.39 is 17.4 Å². The van der Waals surface area contributed by atoms with Crippen LogP contribution in [-0.4, -0.2) is 35.7 Å². The van der Waals surface area contributed by atoms with Gasteiger partial charge < -0.3 is 18.7 Å². The molecule has 0 aliphatic carbocycles. The Kier molecular flexibility index (Phi) is 5.94. The number of hydrogen-bond acceptors (Lipinski definition) is 9. The lowest BCUT2D eigenvalue weighted by atomic mass is 10.2. The van der Waals surface area contributed by atoms with Gasteiger partial charge in [0.15, 0.2) is 5.58 Å². The van der Waals surface area contributed by atoms with Crippen molar-refractivity contribution in [3.8, 4) is 0 Å². The second kappa shape index (κ2) is 7.83. The smallest absolute Gasteiger partial charge is 0.444 e. The third-order valence-electron chi connectivity index (χ3n) is 2.82. The van der Waals surface area contributed by atoms with Gasteiger partial charge in [0.25, 0.3) is 0 Å². The summed E-state index contributed by atoms with van der Waals surface area (Å²) < 4.78 is 21.2. The van der Waals surface area contributed by atoms with E-state index >= 15 is 0 Å².